The highest BCUT2D eigenvalue weighted by Crippen LogP contribution is 2.32. The maximum Gasteiger partial charge on any atom is 0.232 e. The number of carbonyl (C=O) groups excluding carboxylic acids is 3. The zero-order valence-electron chi connectivity index (χ0n) is 14.7. The van der Waals surface area contributed by atoms with Crippen LogP contribution in [0.4, 0.5) is 0 Å². The molecule has 1 aliphatic heterocycles. The molecule has 124 valence electrons. The molecular weight excluding hydrogens is 278 g/mol. The molecule has 2 amide bonds. The predicted octanol–water partition coefficient (Wildman–Crippen LogP) is 3.34. The number of rotatable bonds is 7. The predicted molar refractivity (Wildman–Crippen MR) is 85.1 cm³/mol. The Kier molecular flexibility index (Phi) is 5.63. The monoisotopic (exact) mass is 309 g/mol. The minimum atomic E-state index is -0.163. The average Bonchev–Trinajstić information content (AvgIpc) is 2.78. The van der Waals surface area contributed by atoms with Crippen LogP contribution in [0.5, 0.6) is 0 Å². The van der Waals surface area contributed by atoms with Gasteiger partial charge in [-0.05, 0) is 38.0 Å². The number of amides is 2. The normalized spacial score (nSPS) is 29.8. The number of hydrogen-bond donors (Lipinski definition) is 0. The van der Waals surface area contributed by atoms with Crippen molar-refractivity contribution < 1.29 is 15.8 Å². The van der Waals surface area contributed by atoms with Crippen LogP contribution in [0.3, 0.4) is 0 Å². The fourth-order valence-corrected chi connectivity index (χ4v) is 3.65. The molecule has 1 atom stereocenters. The molecule has 4 heteroatoms. The number of nitrogens with zero attached hydrogens (tertiary/aromatic N) is 1. The number of Topliss-reactive ketones (excluding diaryl/α,β-unsaturated/α-hetero) is 1. The third-order valence-electron chi connectivity index (χ3n) is 5.14. The summed E-state index contributed by atoms with van der Waals surface area (Å²) in [6, 6.07) is 0. The molecule has 2 fully saturated rings. The molecule has 1 heterocycles. The van der Waals surface area contributed by atoms with Gasteiger partial charge >= 0.3 is 0 Å². The molecule has 0 N–H and O–H groups in total. The van der Waals surface area contributed by atoms with Gasteiger partial charge in [-0.1, -0.05) is 26.7 Å². The summed E-state index contributed by atoms with van der Waals surface area (Å²) in [6.45, 7) is 2.81. The lowest BCUT2D eigenvalue weighted by atomic mass is 9.79. The molecule has 2 rings (SSSR count). The molecular formula is C18H29NO3. The van der Waals surface area contributed by atoms with E-state index in [0.717, 1.165) is 44.9 Å². The fourth-order valence-electron chi connectivity index (χ4n) is 3.65. The quantitative estimate of drug-likeness (QED) is 0.535. The highest BCUT2D eigenvalue weighted by Gasteiger charge is 2.37. The number of likely N-dealkylation sites (tertiary alicyclic amines) is 1. The van der Waals surface area contributed by atoms with Gasteiger partial charge < -0.3 is 0 Å². The highest BCUT2D eigenvalue weighted by atomic mass is 16.2. The van der Waals surface area contributed by atoms with Crippen molar-refractivity contribution in [3.8, 4) is 0 Å². The first kappa shape index (κ1) is 15.7. The van der Waals surface area contributed by atoms with Crippen molar-refractivity contribution in [3.05, 3.63) is 0 Å². The van der Waals surface area contributed by atoms with Gasteiger partial charge in [-0.15, -0.1) is 0 Å². The van der Waals surface area contributed by atoms with Crippen molar-refractivity contribution in [1.29, 1.82) is 0 Å². The minimum Gasteiger partial charge on any atom is -0.299 e. The van der Waals surface area contributed by atoms with Crippen molar-refractivity contribution in [2.75, 3.05) is 6.54 Å². The van der Waals surface area contributed by atoms with E-state index in [1.807, 2.05) is 6.92 Å². The van der Waals surface area contributed by atoms with Crippen LogP contribution < -0.4 is 0 Å². The Labute approximate surface area is 135 Å². The number of imide groups is 1. The Balaban J connectivity index is 1.70. The standard InChI is InChI=1S/C18H29NO3/c1-3-4-5-6-16(20)15-9-7-14(8-10-15)12-19-17(21)11-13(2)18(19)22/h13-15H,3-12H2,1-2H3/i1T. The lowest BCUT2D eigenvalue weighted by molar-refractivity contribution is -0.140. The Morgan fingerprint density at radius 3 is 2.55 bits per heavy atom. The van der Waals surface area contributed by atoms with Gasteiger partial charge in [0.25, 0.3) is 0 Å². The highest BCUT2D eigenvalue weighted by molar-refractivity contribution is 6.03. The molecule has 0 aromatic carbocycles. The summed E-state index contributed by atoms with van der Waals surface area (Å²) in [5.41, 5.74) is 0. The van der Waals surface area contributed by atoms with Gasteiger partial charge in [0.05, 0.1) is 0 Å². The second kappa shape index (κ2) is 7.89. The zero-order chi connectivity index (χ0) is 16.8. The lowest BCUT2D eigenvalue weighted by Crippen LogP contribution is -2.36. The summed E-state index contributed by atoms with van der Waals surface area (Å²) >= 11 is 0. The van der Waals surface area contributed by atoms with E-state index >= 15 is 0 Å². The Hall–Kier alpha value is -1.19. The second-order valence-electron chi connectivity index (χ2n) is 6.94. The molecule has 1 unspecified atom stereocenters. The van der Waals surface area contributed by atoms with E-state index in [2.05, 4.69) is 0 Å². The summed E-state index contributed by atoms with van der Waals surface area (Å²) in [5, 5.41) is 0. The zero-order valence-corrected chi connectivity index (χ0v) is 13.7. The fraction of sp³-hybridized carbons (Fsp3) is 0.833. The molecule has 1 saturated heterocycles. The van der Waals surface area contributed by atoms with Crippen LogP contribution in [-0.2, 0) is 14.4 Å². The van der Waals surface area contributed by atoms with Crippen molar-refractivity contribution in [1.82, 2.24) is 4.90 Å². The van der Waals surface area contributed by atoms with Crippen molar-refractivity contribution >= 4 is 17.6 Å². The Bertz CT molecular complexity index is 444. The van der Waals surface area contributed by atoms with Gasteiger partial charge in [-0.3, -0.25) is 19.3 Å². The maximum atomic E-state index is 12.2. The third kappa shape index (κ3) is 4.17. The van der Waals surface area contributed by atoms with Crippen LogP contribution >= 0.6 is 0 Å². The summed E-state index contributed by atoms with van der Waals surface area (Å²) < 4.78 is 7.10. The number of unbranched alkanes of at least 4 members (excludes halogenated alkanes) is 2. The number of hydrogen-bond acceptors (Lipinski definition) is 3. The van der Waals surface area contributed by atoms with Gasteiger partial charge in [0.15, 0.2) is 0 Å². The van der Waals surface area contributed by atoms with Crippen LogP contribution in [0.15, 0.2) is 0 Å². The molecule has 4 nitrogen and oxygen atoms in total. The van der Waals surface area contributed by atoms with Crippen LogP contribution in [0, 0.1) is 17.8 Å². The Morgan fingerprint density at radius 2 is 1.95 bits per heavy atom. The molecule has 2 aliphatic rings. The largest absolute Gasteiger partial charge is 0.299 e. The van der Waals surface area contributed by atoms with Crippen LogP contribution in [-0.4, -0.2) is 29.0 Å². The van der Waals surface area contributed by atoms with E-state index in [1.165, 1.54) is 4.90 Å². The lowest BCUT2D eigenvalue weighted by Gasteiger charge is -2.30. The van der Waals surface area contributed by atoms with Crippen molar-refractivity contribution in [2.24, 2.45) is 17.8 Å². The molecule has 0 aromatic heterocycles. The van der Waals surface area contributed by atoms with E-state index in [-0.39, 0.29) is 23.7 Å². The molecule has 22 heavy (non-hydrogen) atoms. The van der Waals surface area contributed by atoms with Crippen LogP contribution in [0.2, 0.25) is 0 Å². The van der Waals surface area contributed by atoms with E-state index in [4.69, 9.17) is 1.37 Å². The minimum absolute atomic E-state index is 0.0254. The molecule has 0 aromatic rings. The van der Waals surface area contributed by atoms with E-state index in [1.54, 1.807) is 0 Å². The molecule has 0 spiro atoms. The Morgan fingerprint density at radius 1 is 1.23 bits per heavy atom. The molecule has 0 radical (unpaired) electrons. The second-order valence-corrected chi connectivity index (χ2v) is 6.94. The summed E-state index contributed by atoms with van der Waals surface area (Å²) in [7, 11) is 0. The number of carbonyl (C=O) groups is 3. The van der Waals surface area contributed by atoms with E-state index in [9.17, 15) is 14.4 Å². The van der Waals surface area contributed by atoms with Crippen molar-refractivity contribution in [2.45, 2.75) is 71.6 Å². The summed E-state index contributed by atoms with van der Waals surface area (Å²) in [5.74, 6) is 0.684. The van der Waals surface area contributed by atoms with E-state index < -0.39 is 0 Å². The third-order valence-corrected chi connectivity index (χ3v) is 5.14. The SMILES string of the molecule is [3H]CCCCCC(=O)C1CCC(CN2C(=O)CC(C)C2=O)CC1. The van der Waals surface area contributed by atoms with Gasteiger partial charge in [0.2, 0.25) is 11.8 Å². The molecule has 1 saturated carbocycles. The summed E-state index contributed by atoms with van der Waals surface area (Å²) in [6.07, 6.45) is 7.44. The van der Waals surface area contributed by atoms with Gasteiger partial charge in [-0.2, -0.15) is 0 Å². The topological polar surface area (TPSA) is 54.5 Å². The van der Waals surface area contributed by atoms with Gasteiger partial charge in [0.1, 0.15) is 5.78 Å². The first-order chi connectivity index (χ1) is 11.0. The molecule has 0 bridgehead atoms. The molecule has 1 aliphatic carbocycles. The van der Waals surface area contributed by atoms with Crippen LogP contribution in [0.25, 0.3) is 0 Å². The van der Waals surface area contributed by atoms with Crippen molar-refractivity contribution in [3.63, 3.8) is 0 Å². The first-order valence-corrected chi connectivity index (χ1v) is 8.69. The smallest absolute Gasteiger partial charge is 0.232 e. The van der Waals surface area contributed by atoms with E-state index in [0.29, 0.717) is 38.0 Å². The maximum absolute atomic E-state index is 12.2. The average molecular weight is 309 g/mol. The number of ketones is 1. The first-order valence-electron chi connectivity index (χ1n) is 9.39. The van der Waals surface area contributed by atoms with Crippen LogP contribution in [0.1, 0.15) is 73.0 Å². The van der Waals surface area contributed by atoms with Gasteiger partial charge in [-0.25, -0.2) is 0 Å². The summed E-state index contributed by atoms with van der Waals surface area (Å²) in [4.78, 5) is 37.5. The van der Waals surface area contributed by atoms with Gasteiger partial charge in [0, 0.05) is 32.6 Å².